The van der Waals surface area contributed by atoms with Gasteiger partial charge in [-0.25, -0.2) is 13.2 Å². The van der Waals surface area contributed by atoms with E-state index >= 15 is 61.5 Å². The summed E-state index contributed by atoms with van der Waals surface area (Å²) in [6.07, 6.45) is -1.60. The number of hydrogen-bond donors (Lipinski definition) is 15. The van der Waals surface area contributed by atoms with Crippen molar-refractivity contribution in [1.29, 1.82) is 0 Å². The molecule has 6 aromatic carbocycles. The van der Waals surface area contributed by atoms with Crippen LogP contribution in [0.3, 0.4) is 0 Å². The second kappa shape index (κ2) is 50.7. The molecule has 1 aromatic heterocycles. The van der Waals surface area contributed by atoms with Crippen LogP contribution in [0, 0.1) is 23.4 Å². The van der Waals surface area contributed by atoms with Crippen molar-refractivity contribution >= 4 is 117 Å². The maximum atomic E-state index is 15.9. The summed E-state index contributed by atoms with van der Waals surface area (Å²) in [5.41, 5.74) is 13.8. The molecule has 0 aliphatic carbocycles. The van der Waals surface area contributed by atoms with E-state index in [0.29, 0.717) is 69.0 Å². The van der Waals surface area contributed by atoms with Crippen molar-refractivity contribution in [2.45, 2.75) is 176 Å². The topological polar surface area (TPSA) is 545 Å². The third-order valence-electron chi connectivity index (χ3n) is 24.1. The lowest BCUT2D eigenvalue weighted by Crippen LogP contribution is -2.64. The number of unbranched alkanes of at least 4 members (excludes halogenated alkanes) is 1. The number of nitrogens with zero attached hydrogens (tertiary/aromatic N) is 5. The molecule has 0 spiro atoms. The summed E-state index contributed by atoms with van der Waals surface area (Å²) >= 11 is 0.649. The number of rotatable bonds is 24. The van der Waals surface area contributed by atoms with Crippen molar-refractivity contribution in [3.8, 4) is 11.5 Å². The molecule has 0 unspecified atom stereocenters. The van der Waals surface area contributed by atoms with E-state index in [1.165, 1.54) is 83.5 Å². The first kappa shape index (κ1) is 106. The van der Waals surface area contributed by atoms with Crippen LogP contribution in [-0.2, 0) is 125 Å². The van der Waals surface area contributed by atoms with Crippen LogP contribution in [-0.4, -0.2) is 303 Å². The number of amides is 15. The number of para-hydroxylation sites is 1. The highest BCUT2D eigenvalue weighted by atomic mass is 32.2. The highest BCUT2D eigenvalue weighted by Gasteiger charge is 2.46. The molecular weight excluding hydrogens is 1820 g/mol. The molecule has 0 saturated carbocycles. The Morgan fingerprint density at radius 2 is 0.978 bits per heavy atom. The molecule has 4 heterocycles. The number of morpholine rings is 2. The number of halogens is 3. The maximum absolute atomic E-state index is 15.9. The SMILES string of the molecule is CCCC[C@H]1C(=O)N2CCOC[C@@H]2C(=O)N[C@@H](CC(=O)O)C(=O)N[C@@H](C(C)C)C(=O)N(C)[C@@H](Cc2ccccc2)C(=O)N[C@@H](Cc2ccc(O)cc2)C(=O)N2CCOC[C@@H]2C(=O)N[C@@H](Cc2c[nH]c3ccccc23)C(=O)N[C@@H](Cc2ccc(O)cc2)C(=O)N[C@@H](CCCN)C(=O)N[C@H](C(=O)NCC(N)=O)CSCC(=O)N[C@@H](Cc2cc(F)c(F)c(F)c2)C(=O)N(C)[C@@H](Cc2ccccc2)C(=O)N1C. The van der Waals surface area contributed by atoms with Crippen LogP contribution < -0.4 is 59.3 Å². The number of phenolic OH excluding ortho intramolecular Hbond substituents is 2. The minimum absolute atomic E-state index is 0.0158. The normalized spacial score (nSPS) is 23.3. The predicted molar refractivity (Wildman–Crippen MR) is 498 cm³/mol. The van der Waals surface area contributed by atoms with Gasteiger partial charge in [0.25, 0.3) is 0 Å². The van der Waals surface area contributed by atoms with Crippen molar-refractivity contribution < 1.29 is 115 Å². The van der Waals surface area contributed by atoms with E-state index in [9.17, 15) is 43.7 Å². The van der Waals surface area contributed by atoms with Gasteiger partial charge in [-0.05, 0) is 108 Å². The lowest BCUT2D eigenvalue weighted by molar-refractivity contribution is -0.158. The van der Waals surface area contributed by atoms with Gasteiger partial charge in [0.2, 0.25) is 88.6 Å². The van der Waals surface area contributed by atoms with E-state index in [1.54, 1.807) is 98.0 Å². The highest BCUT2D eigenvalue weighted by Crippen LogP contribution is 2.27. The van der Waals surface area contributed by atoms with Crippen molar-refractivity contribution in [2.24, 2.45) is 17.4 Å². The van der Waals surface area contributed by atoms with Crippen LogP contribution in [0.1, 0.15) is 92.7 Å². The monoisotopic (exact) mass is 1930 g/mol. The van der Waals surface area contributed by atoms with Gasteiger partial charge in [-0.1, -0.05) is 137 Å². The molecule has 17 N–H and O–H groups in total. The molecule has 0 radical (unpaired) electrons. The molecule has 10 rings (SSSR count). The Labute approximate surface area is 798 Å². The molecule has 3 aliphatic heterocycles. The average Bonchev–Trinajstić information content (AvgIpc) is 0.906. The van der Waals surface area contributed by atoms with Gasteiger partial charge in [0.05, 0.1) is 45.1 Å². The van der Waals surface area contributed by atoms with E-state index < -0.39 is 241 Å². The van der Waals surface area contributed by atoms with Crippen LogP contribution in [0.15, 0.2) is 152 Å². The van der Waals surface area contributed by atoms with Gasteiger partial charge < -0.3 is 114 Å². The number of carboxylic acids is 1. The van der Waals surface area contributed by atoms with E-state index in [-0.39, 0.29) is 108 Å². The fourth-order valence-electron chi connectivity index (χ4n) is 16.5. The van der Waals surface area contributed by atoms with Crippen LogP contribution in [0.25, 0.3) is 10.9 Å². The van der Waals surface area contributed by atoms with Gasteiger partial charge in [0, 0.05) is 95.6 Å². The number of likely N-dealkylation sites (N-methyl/N-ethyl adjacent to an activating group) is 3. The number of benzene rings is 6. The number of nitrogens with two attached hydrogens (primary N) is 2. The summed E-state index contributed by atoms with van der Waals surface area (Å²) in [5.74, 6) is -24.6. The number of aromatic amines is 1. The number of carbonyl (C=O) groups excluding carboxylic acids is 15. The number of ether oxygens (including phenoxy) is 2. The molecule has 3 aliphatic rings. The molecule has 0 bridgehead atoms. The summed E-state index contributed by atoms with van der Waals surface area (Å²) in [6.45, 7) is 1.92. The van der Waals surface area contributed by atoms with Gasteiger partial charge in [0.15, 0.2) is 17.5 Å². The van der Waals surface area contributed by atoms with Crippen LogP contribution in [0.4, 0.5) is 13.2 Å². The lowest BCUT2D eigenvalue weighted by atomic mass is 9.98. The summed E-state index contributed by atoms with van der Waals surface area (Å²) in [4.78, 5) is 248. The largest absolute Gasteiger partial charge is 0.508 e. The molecule has 740 valence electrons. The number of aromatic nitrogens is 1. The summed E-state index contributed by atoms with van der Waals surface area (Å²) < 4.78 is 56.9. The van der Waals surface area contributed by atoms with Gasteiger partial charge >= 0.3 is 5.97 Å². The Kier molecular flexibility index (Phi) is 39.0. The second-order valence-corrected chi connectivity index (χ2v) is 35.5. The number of hydrogen-bond acceptors (Lipinski definition) is 22. The minimum Gasteiger partial charge on any atom is -0.508 e. The predicted octanol–water partition coefficient (Wildman–Crippen LogP) is 0.975. The zero-order chi connectivity index (χ0) is 100. The molecule has 7 aromatic rings. The summed E-state index contributed by atoms with van der Waals surface area (Å²) in [7, 11) is 3.70. The Balaban J connectivity index is 1.07. The van der Waals surface area contributed by atoms with Crippen molar-refractivity contribution in [3.05, 3.63) is 203 Å². The van der Waals surface area contributed by atoms with E-state index in [1.807, 2.05) is 0 Å². The summed E-state index contributed by atoms with van der Waals surface area (Å²) in [6, 6.07) is 13.8. The zero-order valence-corrected chi connectivity index (χ0v) is 78.0. The fourth-order valence-corrected chi connectivity index (χ4v) is 17.3. The number of aromatic hydroxyl groups is 2. The number of phenols is 2. The first-order valence-electron chi connectivity index (χ1n) is 45.3. The molecule has 138 heavy (non-hydrogen) atoms. The number of thioether (sulfide) groups is 1. The van der Waals surface area contributed by atoms with Crippen LogP contribution in [0.2, 0.25) is 0 Å². The number of primary amides is 1. The highest BCUT2D eigenvalue weighted by molar-refractivity contribution is 8.00. The van der Waals surface area contributed by atoms with E-state index in [4.69, 9.17) is 20.9 Å². The molecule has 38 nitrogen and oxygen atoms in total. The maximum Gasteiger partial charge on any atom is 0.305 e. The van der Waals surface area contributed by atoms with Crippen molar-refractivity contribution in [1.82, 2.24) is 77.3 Å². The second-order valence-electron chi connectivity index (χ2n) is 34.5. The Hall–Kier alpha value is -14.0. The lowest BCUT2D eigenvalue weighted by Gasteiger charge is -2.40. The van der Waals surface area contributed by atoms with Gasteiger partial charge in [-0.2, -0.15) is 0 Å². The number of fused-ring (bicyclic) bond motifs is 3. The van der Waals surface area contributed by atoms with Crippen molar-refractivity contribution in [3.63, 3.8) is 0 Å². The summed E-state index contributed by atoms with van der Waals surface area (Å²) in [5, 5.41) is 55.4. The van der Waals surface area contributed by atoms with Gasteiger partial charge in [-0.3, -0.25) is 76.7 Å². The Bertz CT molecular complexity index is 5470. The van der Waals surface area contributed by atoms with E-state index in [2.05, 4.69) is 52.8 Å². The average molecular weight is 1940 g/mol. The third-order valence-corrected chi connectivity index (χ3v) is 25.2. The number of H-pyrrole nitrogens is 1. The number of nitrogens with one attached hydrogen (secondary N) is 10. The molecule has 15 amide bonds. The first-order valence-corrected chi connectivity index (χ1v) is 46.4. The van der Waals surface area contributed by atoms with Crippen LogP contribution in [0.5, 0.6) is 11.5 Å². The molecule has 3 saturated heterocycles. The molecular formula is C96H118F3N17O21S. The number of carboxylic acid groups (broad SMARTS) is 1. The number of aliphatic carboxylic acids is 1. The first-order chi connectivity index (χ1) is 65.9. The fraction of sp³-hybridized carbons (Fsp3) is 0.438. The Morgan fingerprint density at radius 1 is 0.500 bits per heavy atom. The smallest absolute Gasteiger partial charge is 0.305 e. The van der Waals surface area contributed by atoms with E-state index in [0.717, 1.165) is 24.5 Å². The zero-order valence-electron chi connectivity index (χ0n) is 77.2. The molecule has 42 heteroatoms. The standard InChI is InChI=1S/C96H118F3N17O21S/c1-7-8-25-74-95(134)116-36-38-137-51-78(116)91(130)108-70(47-81(121)122)88(127)111-83(54(2)3)96(135)113(5)75(44-55-18-11-9-12-19-55)89(128)109-72(42-58-28-32-62(118)33-29-58)93(132)115-35-37-136-50-77(115)90(129)107-69(46-60-48-102-66-23-16-15-22-63(60)66)87(126)106-68(41-57-26-30-61(117)31-27-57)86(125)105-67(24-17-34-100)85(124)110-73(84(123)103-49-79(101)119)52-138-53-80(120)104-71(43-59-39-64(97)82(99)65(98)40-59)92(131)114(6)76(94(133)112(74)4)45-56-20-13-10-14-21-56/h9-16,18-23,26-33,39-40,48,54,67-78,83,102,117-118H,7-8,17,24-25,34-38,41-47,49-53,100H2,1-6H3,(H2,101,119)(H,103,123)(H,104,120)(H,105,125)(H,106,126)(H,107,129)(H,108,130)(H,109,128)(H,110,124)(H,111,127)(H,121,122)/t67-,68-,69-,70-,71-,72-,73-,74-,75-,76-,77+,78+,83-/m0/s1. The van der Waals surface area contributed by atoms with Gasteiger partial charge in [-0.15, -0.1) is 11.8 Å². The minimum atomic E-state index is -2.02. The Morgan fingerprint density at radius 3 is 1.54 bits per heavy atom. The quantitative estimate of drug-likeness (QED) is 0.0375. The third kappa shape index (κ3) is 29.3. The van der Waals surface area contributed by atoms with Crippen LogP contribution >= 0.6 is 11.8 Å². The molecule has 3 fully saturated rings. The van der Waals surface area contributed by atoms with Crippen molar-refractivity contribution in [2.75, 3.05) is 85.3 Å². The van der Waals surface area contributed by atoms with Gasteiger partial charge in [0.1, 0.15) is 90.0 Å². The molecule has 13 atom stereocenters. The number of carbonyl (C=O) groups is 16.